The van der Waals surface area contributed by atoms with Crippen molar-refractivity contribution in [3.63, 3.8) is 0 Å². The molecule has 0 aliphatic heterocycles. The lowest BCUT2D eigenvalue weighted by Gasteiger charge is -2.17. The Balaban J connectivity index is 0.00000324. The van der Waals surface area contributed by atoms with E-state index in [1.165, 1.54) is 12.8 Å². The van der Waals surface area contributed by atoms with Crippen molar-refractivity contribution in [3.8, 4) is 0 Å². The van der Waals surface area contributed by atoms with Gasteiger partial charge in [0.15, 0.2) is 0 Å². The topological polar surface area (TPSA) is 84.2 Å². The van der Waals surface area contributed by atoms with Crippen molar-refractivity contribution in [3.05, 3.63) is 0 Å². The summed E-state index contributed by atoms with van der Waals surface area (Å²) in [4.78, 5) is 23.1. The van der Waals surface area contributed by atoms with Crippen LogP contribution in [-0.4, -0.2) is 30.9 Å². The fraction of sp³-hybridized carbons (Fsp3) is 0.846. The smallest absolute Gasteiger partial charge is 0.225 e. The molecule has 1 rings (SSSR count). The van der Waals surface area contributed by atoms with Gasteiger partial charge in [-0.05, 0) is 18.8 Å². The van der Waals surface area contributed by atoms with Gasteiger partial charge in [0.05, 0.1) is 0 Å². The molecule has 19 heavy (non-hydrogen) atoms. The lowest BCUT2D eigenvalue weighted by atomic mass is 9.96. The van der Waals surface area contributed by atoms with E-state index in [1.54, 1.807) is 0 Å². The standard InChI is InChI=1S/C13H25N3O2.ClH/c1-13(2,3)12(18)15-7-6-11(17)16-8-10(14)9-4-5-9;/h9-10H,4-8,14H2,1-3H3,(H,15,18)(H,16,17);1H. The summed E-state index contributed by atoms with van der Waals surface area (Å²) in [5, 5.41) is 5.55. The van der Waals surface area contributed by atoms with Crippen molar-refractivity contribution >= 4 is 24.2 Å². The average molecular weight is 292 g/mol. The third-order valence-electron chi connectivity index (χ3n) is 3.08. The van der Waals surface area contributed by atoms with Crippen LogP contribution in [0.25, 0.3) is 0 Å². The number of amides is 2. The SMILES string of the molecule is CC(C)(C)C(=O)NCCC(=O)NCC(N)C1CC1.Cl. The van der Waals surface area contributed by atoms with Crippen LogP contribution in [0.15, 0.2) is 0 Å². The molecule has 0 saturated heterocycles. The van der Waals surface area contributed by atoms with E-state index in [-0.39, 0.29) is 30.3 Å². The molecule has 0 bridgehead atoms. The second kappa shape index (κ2) is 7.70. The zero-order valence-corrected chi connectivity index (χ0v) is 12.8. The maximum absolute atomic E-state index is 11.5. The van der Waals surface area contributed by atoms with Crippen molar-refractivity contribution in [2.45, 2.75) is 46.1 Å². The van der Waals surface area contributed by atoms with Crippen molar-refractivity contribution in [2.75, 3.05) is 13.1 Å². The molecule has 1 fully saturated rings. The Hall–Kier alpha value is -0.810. The van der Waals surface area contributed by atoms with Crippen molar-refractivity contribution < 1.29 is 9.59 Å². The van der Waals surface area contributed by atoms with Gasteiger partial charge in [-0.1, -0.05) is 20.8 Å². The Kier molecular flexibility index (Phi) is 7.37. The van der Waals surface area contributed by atoms with Crippen molar-refractivity contribution in [1.82, 2.24) is 10.6 Å². The number of nitrogens with two attached hydrogens (primary N) is 1. The molecule has 5 nitrogen and oxygen atoms in total. The van der Waals surface area contributed by atoms with Crippen LogP contribution in [0.3, 0.4) is 0 Å². The highest BCUT2D eigenvalue weighted by Gasteiger charge is 2.28. The quantitative estimate of drug-likeness (QED) is 0.677. The van der Waals surface area contributed by atoms with E-state index < -0.39 is 5.41 Å². The van der Waals surface area contributed by atoms with Crippen LogP contribution in [0.4, 0.5) is 0 Å². The van der Waals surface area contributed by atoms with Crippen LogP contribution in [0.5, 0.6) is 0 Å². The molecule has 0 spiro atoms. The summed E-state index contributed by atoms with van der Waals surface area (Å²) in [5.74, 6) is 0.496. The van der Waals surface area contributed by atoms with Gasteiger partial charge in [0.1, 0.15) is 0 Å². The molecule has 0 aromatic rings. The predicted octanol–water partition coefficient (Wildman–Crippen LogP) is 0.814. The van der Waals surface area contributed by atoms with Crippen LogP contribution in [0.2, 0.25) is 0 Å². The van der Waals surface area contributed by atoms with Gasteiger partial charge in [-0.25, -0.2) is 0 Å². The van der Waals surface area contributed by atoms with Crippen LogP contribution in [0, 0.1) is 11.3 Å². The third-order valence-corrected chi connectivity index (χ3v) is 3.08. The molecule has 0 radical (unpaired) electrons. The van der Waals surface area contributed by atoms with E-state index in [2.05, 4.69) is 10.6 Å². The highest BCUT2D eigenvalue weighted by molar-refractivity contribution is 5.85. The monoisotopic (exact) mass is 291 g/mol. The van der Waals surface area contributed by atoms with Gasteiger partial charge in [-0.2, -0.15) is 0 Å². The fourth-order valence-corrected chi connectivity index (χ4v) is 1.57. The zero-order chi connectivity index (χ0) is 13.8. The number of carbonyl (C=O) groups excluding carboxylic acids is 2. The first-order chi connectivity index (χ1) is 8.30. The molecule has 0 aromatic carbocycles. The first-order valence-corrected chi connectivity index (χ1v) is 6.61. The minimum atomic E-state index is -0.412. The molecule has 112 valence electrons. The maximum atomic E-state index is 11.5. The number of carbonyl (C=O) groups is 2. The molecule has 4 N–H and O–H groups in total. The summed E-state index contributed by atoms with van der Waals surface area (Å²) in [7, 11) is 0. The number of hydrogen-bond donors (Lipinski definition) is 3. The number of hydrogen-bond acceptors (Lipinski definition) is 3. The Morgan fingerprint density at radius 3 is 2.32 bits per heavy atom. The van der Waals surface area contributed by atoms with Gasteiger partial charge in [0, 0.05) is 31.0 Å². The summed E-state index contributed by atoms with van der Waals surface area (Å²) in [6.45, 7) is 6.45. The summed E-state index contributed by atoms with van der Waals surface area (Å²) in [6.07, 6.45) is 2.66. The predicted molar refractivity (Wildman–Crippen MR) is 78.0 cm³/mol. The van der Waals surface area contributed by atoms with Crippen LogP contribution in [-0.2, 0) is 9.59 Å². The van der Waals surface area contributed by atoms with Crippen LogP contribution >= 0.6 is 12.4 Å². The van der Waals surface area contributed by atoms with Crippen LogP contribution in [0.1, 0.15) is 40.0 Å². The highest BCUT2D eigenvalue weighted by Crippen LogP contribution is 2.31. The van der Waals surface area contributed by atoms with E-state index in [0.29, 0.717) is 25.4 Å². The van der Waals surface area contributed by atoms with Crippen LogP contribution < -0.4 is 16.4 Å². The largest absolute Gasteiger partial charge is 0.355 e. The number of rotatable bonds is 6. The molecule has 2 amide bonds. The molecule has 1 saturated carbocycles. The van der Waals surface area contributed by atoms with Crippen molar-refractivity contribution in [1.29, 1.82) is 0 Å². The van der Waals surface area contributed by atoms with Crippen molar-refractivity contribution in [2.24, 2.45) is 17.1 Å². The zero-order valence-electron chi connectivity index (χ0n) is 12.0. The molecule has 6 heteroatoms. The molecule has 1 unspecified atom stereocenters. The molecule has 1 aliphatic carbocycles. The summed E-state index contributed by atoms with van der Waals surface area (Å²) in [6, 6.07) is 0.0816. The minimum absolute atomic E-state index is 0. The van der Waals surface area contributed by atoms with E-state index >= 15 is 0 Å². The van der Waals surface area contributed by atoms with Gasteiger partial charge in [0.25, 0.3) is 0 Å². The van der Waals surface area contributed by atoms with E-state index in [4.69, 9.17) is 5.73 Å². The lowest BCUT2D eigenvalue weighted by Crippen LogP contribution is -2.41. The Bertz CT molecular complexity index is 312. The normalized spacial score (nSPS) is 16.2. The van der Waals surface area contributed by atoms with Gasteiger partial charge >= 0.3 is 0 Å². The first-order valence-electron chi connectivity index (χ1n) is 6.61. The second-order valence-electron chi connectivity index (χ2n) is 6.06. The van der Waals surface area contributed by atoms with Gasteiger partial charge in [0.2, 0.25) is 11.8 Å². The minimum Gasteiger partial charge on any atom is -0.355 e. The Labute approximate surface area is 121 Å². The Morgan fingerprint density at radius 2 is 1.84 bits per heavy atom. The molecular formula is C13H26ClN3O2. The molecule has 0 aromatic heterocycles. The average Bonchev–Trinajstić information content (AvgIpc) is 3.08. The van der Waals surface area contributed by atoms with E-state index in [0.717, 1.165) is 0 Å². The molecule has 1 atom stereocenters. The van der Waals surface area contributed by atoms with Gasteiger partial charge in [-0.3, -0.25) is 9.59 Å². The highest BCUT2D eigenvalue weighted by atomic mass is 35.5. The molecular weight excluding hydrogens is 266 g/mol. The molecule has 0 heterocycles. The fourth-order valence-electron chi connectivity index (χ4n) is 1.57. The Morgan fingerprint density at radius 1 is 1.26 bits per heavy atom. The van der Waals surface area contributed by atoms with Gasteiger partial charge in [-0.15, -0.1) is 12.4 Å². The van der Waals surface area contributed by atoms with Gasteiger partial charge < -0.3 is 16.4 Å². The number of nitrogens with one attached hydrogen (secondary N) is 2. The van der Waals surface area contributed by atoms with E-state index in [1.807, 2.05) is 20.8 Å². The summed E-state index contributed by atoms with van der Waals surface area (Å²) >= 11 is 0. The second-order valence-corrected chi connectivity index (χ2v) is 6.06. The maximum Gasteiger partial charge on any atom is 0.225 e. The first kappa shape index (κ1) is 18.2. The van der Waals surface area contributed by atoms with E-state index in [9.17, 15) is 9.59 Å². The molecule has 1 aliphatic rings. The summed E-state index contributed by atoms with van der Waals surface area (Å²) < 4.78 is 0. The summed E-state index contributed by atoms with van der Waals surface area (Å²) in [5.41, 5.74) is 5.46. The lowest BCUT2D eigenvalue weighted by molar-refractivity contribution is -0.128. The number of halogens is 1. The third kappa shape index (κ3) is 7.38.